The first-order valence-corrected chi connectivity index (χ1v) is 8.91. The van der Waals surface area contributed by atoms with E-state index in [1.807, 2.05) is 6.07 Å². The van der Waals surface area contributed by atoms with Crippen LogP contribution < -0.4 is 10.6 Å². The lowest BCUT2D eigenvalue weighted by Gasteiger charge is -2.11. The van der Waals surface area contributed by atoms with Crippen LogP contribution in [-0.4, -0.2) is 24.7 Å². The van der Waals surface area contributed by atoms with Gasteiger partial charge in [0.25, 0.3) is 0 Å². The summed E-state index contributed by atoms with van der Waals surface area (Å²) in [6.07, 6.45) is 2.26. The fraction of sp³-hybridized carbons (Fsp3) is 0.474. The summed E-state index contributed by atoms with van der Waals surface area (Å²) in [4.78, 5) is 4.10. The van der Waals surface area contributed by atoms with Crippen LogP contribution in [0.5, 0.6) is 0 Å². The molecule has 1 heterocycles. The van der Waals surface area contributed by atoms with Crippen LogP contribution >= 0.6 is 0 Å². The molecular weight excluding hydrogens is 338 g/mol. The molecule has 2 N–H and O–H groups in total. The van der Waals surface area contributed by atoms with E-state index in [0.717, 1.165) is 24.3 Å². The summed E-state index contributed by atoms with van der Waals surface area (Å²) in [6, 6.07) is 5.82. The number of nitrogens with zero attached hydrogens (tertiary/aromatic N) is 2. The zero-order valence-electron chi connectivity index (χ0n) is 15.5. The summed E-state index contributed by atoms with van der Waals surface area (Å²) in [5.74, 6) is 0.577. The molecule has 26 heavy (non-hydrogen) atoms. The van der Waals surface area contributed by atoms with Gasteiger partial charge in [-0.05, 0) is 31.4 Å². The number of aromatic nitrogens is 1. The SMILES string of the molecule is CCC(CC)c1cc(CNC(=NC)NCCc2c(F)cccc2F)on1. The molecule has 0 saturated heterocycles. The third-order valence-electron chi connectivity index (χ3n) is 4.36. The average Bonchev–Trinajstić information content (AvgIpc) is 3.10. The monoisotopic (exact) mass is 364 g/mol. The summed E-state index contributed by atoms with van der Waals surface area (Å²) in [5, 5.41) is 10.3. The molecule has 0 aliphatic rings. The Kier molecular flexibility index (Phi) is 7.56. The van der Waals surface area contributed by atoms with Gasteiger partial charge >= 0.3 is 0 Å². The molecule has 0 aliphatic heterocycles. The van der Waals surface area contributed by atoms with E-state index in [9.17, 15) is 8.78 Å². The predicted octanol–water partition coefficient (Wildman–Crippen LogP) is 3.76. The van der Waals surface area contributed by atoms with E-state index in [1.165, 1.54) is 18.2 Å². The van der Waals surface area contributed by atoms with Crippen LogP contribution in [0.1, 0.15) is 49.6 Å². The summed E-state index contributed by atoms with van der Waals surface area (Å²) in [5.41, 5.74) is 1.03. The lowest BCUT2D eigenvalue weighted by Crippen LogP contribution is -2.37. The molecule has 0 saturated carbocycles. The third kappa shape index (κ3) is 5.28. The second-order valence-electron chi connectivity index (χ2n) is 6.03. The van der Waals surface area contributed by atoms with Gasteiger partial charge in [0.15, 0.2) is 11.7 Å². The Labute approximate surface area is 152 Å². The molecule has 0 spiro atoms. The van der Waals surface area contributed by atoms with Crippen molar-refractivity contribution < 1.29 is 13.3 Å². The highest BCUT2D eigenvalue weighted by Crippen LogP contribution is 2.22. The summed E-state index contributed by atoms with van der Waals surface area (Å²) >= 11 is 0. The summed E-state index contributed by atoms with van der Waals surface area (Å²) in [6.45, 7) is 5.05. The normalized spacial score (nSPS) is 11.8. The Balaban J connectivity index is 1.83. The van der Waals surface area contributed by atoms with E-state index in [4.69, 9.17) is 4.52 Å². The van der Waals surface area contributed by atoms with Gasteiger partial charge in [0.05, 0.1) is 12.2 Å². The zero-order valence-corrected chi connectivity index (χ0v) is 15.5. The van der Waals surface area contributed by atoms with Crippen LogP contribution in [0.3, 0.4) is 0 Å². The minimum atomic E-state index is -0.537. The molecule has 2 rings (SSSR count). The van der Waals surface area contributed by atoms with E-state index < -0.39 is 11.6 Å². The van der Waals surface area contributed by atoms with Crippen LogP contribution in [0.4, 0.5) is 8.78 Å². The van der Waals surface area contributed by atoms with Crippen LogP contribution in [0.2, 0.25) is 0 Å². The number of guanidine groups is 1. The largest absolute Gasteiger partial charge is 0.359 e. The van der Waals surface area contributed by atoms with Gasteiger partial charge in [0.1, 0.15) is 11.6 Å². The number of hydrogen-bond acceptors (Lipinski definition) is 3. The number of rotatable bonds is 8. The first kappa shape index (κ1) is 19.9. The number of benzene rings is 1. The molecular formula is C19H26F2N4O. The van der Waals surface area contributed by atoms with Gasteiger partial charge in [-0.15, -0.1) is 0 Å². The van der Waals surface area contributed by atoms with Crippen molar-refractivity contribution in [2.45, 2.75) is 45.6 Å². The van der Waals surface area contributed by atoms with Crippen molar-refractivity contribution in [3.8, 4) is 0 Å². The van der Waals surface area contributed by atoms with Crippen molar-refractivity contribution in [2.24, 2.45) is 4.99 Å². The van der Waals surface area contributed by atoms with Crippen LogP contribution in [0, 0.1) is 11.6 Å². The number of nitrogens with one attached hydrogen (secondary N) is 2. The maximum absolute atomic E-state index is 13.6. The predicted molar refractivity (Wildman–Crippen MR) is 98.1 cm³/mol. The maximum atomic E-state index is 13.6. The van der Waals surface area contributed by atoms with Gasteiger partial charge in [-0.2, -0.15) is 0 Å². The first-order chi connectivity index (χ1) is 12.6. The second kappa shape index (κ2) is 9.89. The Bertz CT molecular complexity index is 706. The molecule has 7 heteroatoms. The van der Waals surface area contributed by atoms with Crippen LogP contribution in [0.15, 0.2) is 33.8 Å². The zero-order chi connectivity index (χ0) is 18.9. The molecule has 1 aromatic carbocycles. The maximum Gasteiger partial charge on any atom is 0.191 e. The topological polar surface area (TPSA) is 62.5 Å². The number of hydrogen-bond donors (Lipinski definition) is 2. The third-order valence-corrected chi connectivity index (χ3v) is 4.36. The van der Waals surface area contributed by atoms with Gasteiger partial charge < -0.3 is 15.2 Å². The van der Waals surface area contributed by atoms with Crippen molar-refractivity contribution in [1.82, 2.24) is 15.8 Å². The number of aliphatic imine (C=N–C) groups is 1. The van der Waals surface area contributed by atoms with Crippen LogP contribution in [0.25, 0.3) is 0 Å². The van der Waals surface area contributed by atoms with Gasteiger partial charge in [-0.25, -0.2) is 8.78 Å². The Morgan fingerprint density at radius 2 is 1.88 bits per heavy atom. The van der Waals surface area contributed by atoms with Crippen molar-refractivity contribution >= 4 is 5.96 Å². The highest BCUT2D eigenvalue weighted by molar-refractivity contribution is 5.79. The van der Waals surface area contributed by atoms with Gasteiger partial charge in [0.2, 0.25) is 0 Å². The number of halogens is 2. The molecule has 5 nitrogen and oxygen atoms in total. The second-order valence-corrected chi connectivity index (χ2v) is 6.03. The molecule has 142 valence electrons. The molecule has 0 fully saturated rings. The van der Waals surface area contributed by atoms with Gasteiger partial charge in [-0.1, -0.05) is 25.1 Å². The van der Waals surface area contributed by atoms with Crippen molar-refractivity contribution in [1.29, 1.82) is 0 Å². The molecule has 0 unspecified atom stereocenters. The minimum Gasteiger partial charge on any atom is -0.359 e. The van der Waals surface area contributed by atoms with Gasteiger partial charge in [0, 0.05) is 31.1 Å². The van der Waals surface area contributed by atoms with E-state index in [1.54, 1.807) is 7.05 Å². The Morgan fingerprint density at radius 3 is 2.50 bits per heavy atom. The van der Waals surface area contributed by atoms with Crippen LogP contribution in [-0.2, 0) is 13.0 Å². The summed E-state index contributed by atoms with van der Waals surface area (Å²) in [7, 11) is 1.63. The smallest absolute Gasteiger partial charge is 0.191 e. The van der Waals surface area contributed by atoms with Crippen molar-refractivity contribution in [3.05, 3.63) is 52.9 Å². The standard InChI is InChI=1S/C19H26F2N4O/c1-4-13(5-2)18-11-14(26-25-18)12-24-19(22-3)23-10-9-15-16(20)7-6-8-17(15)21/h6-8,11,13H,4-5,9-10,12H2,1-3H3,(H2,22,23,24). The average molecular weight is 364 g/mol. The fourth-order valence-electron chi connectivity index (χ4n) is 2.78. The van der Waals surface area contributed by atoms with E-state index in [-0.39, 0.29) is 12.0 Å². The highest BCUT2D eigenvalue weighted by Gasteiger charge is 2.13. The molecule has 0 radical (unpaired) electrons. The Hall–Kier alpha value is -2.44. The molecule has 0 aliphatic carbocycles. The van der Waals surface area contributed by atoms with E-state index in [2.05, 4.69) is 34.6 Å². The lowest BCUT2D eigenvalue weighted by atomic mass is 9.99. The minimum absolute atomic E-state index is 0.0699. The summed E-state index contributed by atoms with van der Waals surface area (Å²) < 4.78 is 32.6. The van der Waals surface area contributed by atoms with E-state index >= 15 is 0 Å². The fourth-order valence-corrected chi connectivity index (χ4v) is 2.78. The lowest BCUT2D eigenvalue weighted by molar-refractivity contribution is 0.368. The van der Waals surface area contributed by atoms with E-state index in [0.29, 0.717) is 25.0 Å². The molecule has 0 amide bonds. The molecule has 2 aromatic rings. The Morgan fingerprint density at radius 1 is 1.19 bits per heavy atom. The molecule has 0 bridgehead atoms. The van der Waals surface area contributed by atoms with Crippen molar-refractivity contribution in [3.63, 3.8) is 0 Å². The highest BCUT2D eigenvalue weighted by atomic mass is 19.1. The van der Waals surface area contributed by atoms with Gasteiger partial charge in [-0.3, -0.25) is 4.99 Å². The molecule has 1 aromatic heterocycles. The first-order valence-electron chi connectivity index (χ1n) is 8.91. The van der Waals surface area contributed by atoms with Crippen molar-refractivity contribution in [2.75, 3.05) is 13.6 Å². The molecule has 0 atom stereocenters. The quantitative estimate of drug-likeness (QED) is 0.553.